The Morgan fingerprint density at radius 2 is 2.00 bits per heavy atom. The van der Waals surface area contributed by atoms with Crippen molar-refractivity contribution < 1.29 is 24.5 Å². The first kappa shape index (κ1) is 18.8. The third-order valence-electron chi connectivity index (χ3n) is 6.45. The molecule has 3 aliphatic rings. The lowest BCUT2D eigenvalue weighted by Crippen LogP contribution is -2.44. The van der Waals surface area contributed by atoms with E-state index in [0.29, 0.717) is 36.5 Å². The molecule has 2 atom stereocenters. The number of nitrogens with one attached hydrogen (secondary N) is 1. The van der Waals surface area contributed by atoms with Gasteiger partial charge in [-0.05, 0) is 31.2 Å². The zero-order chi connectivity index (χ0) is 21.2. The molecule has 30 heavy (non-hydrogen) atoms. The number of carbonyl (C=O) groups is 2. The van der Waals surface area contributed by atoms with Gasteiger partial charge in [0.2, 0.25) is 11.3 Å². The standard InChI is InChI=1S/C21H23N3O6/c1-30-20-17-12(19(27)13(21(28)29)8-24(17)11-3-4-11)6-15(25)18(20)23-7-10-2-5-16(26)22-14(10)9-23/h6,8,10-11,14,25H,2-5,7,9H2,1H3,(H,22,26)(H,28,29)/t10-,14+/m0/s1. The van der Waals surface area contributed by atoms with Crippen LogP contribution < -0.4 is 20.4 Å². The van der Waals surface area contributed by atoms with Crippen molar-refractivity contribution in [2.24, 2.45) is 5.92 Å². The predicted molar refractivity (Wildman–Crippen MR) is 109 cm³/mol. The minimum absolute atomic E-state index is 0.00562. The SMILES string of the molecule is COc1c(N2C[C@@H]3CCC(=O)N[C@@H]3C2)c(O)cc2c(=O)c(C(=O)O)cn(C3CC3)c12. The van der Waals surface area contributed by atoms with Crippen molar-refractivity contribution >= 4 is 28.5 Å². The second-order valence-corrected chi connectivity index (χ2v) is 8.37. The summed E-state index contributed by atoms with van der Waals surface area (Å²) in [5.74, 6) is -0.750. The van der Waals surface area contributed by atoms with E-state index in [4.69, 9.17) is 4.74 Å². The van der Waals surface area contributed by atoms with Crippen molar-refractivity contribution in [2.75, 3.05) is 25.1 Å². The van der Waals surface area contributed by atoms with E-state index >= 15 is 0 Å². The second-order valence-electron chi connectivity index (χ2n) is 8.37. The van der Waals surface area contributed by atoms with Gasteiger partial charge in [0.1, 0.15) is 17.0 Å². The molecular weight excluding hydrogens is 390 g/mol. The highest BCUT2D eigenvalue weighted by atomic mass is 16.5. The molecule has 2 aromatic rings. The van der Waals surface area contributed by atoms with Crippen molar-refractivity contribution in [2.45, 2.75) is 37.8 Å². The highest BCUT2D eigenvalue weighted by Gasteiger charge is 2.39. The monoisotopic (exact) mass is 413 g/mol. The number of carboxylic acid groups (broad SMARTS) is 1. The second kappa shape index (κ2) is 6.65. The number of amides is 1. The number of fused-ring (bicyclic) bond motifs is 2. The van der Waals surface area contributed by atoms with Crippen LogP contribution in [0.5, 0.6) is 11.5 Å². The molecule has 1 aliphatic carbocycles. The molecule has 3 fully saturated rings. The molecule has 5 rings (SSSR count). The van der Waals surface area contributed by atoms with Gasteiger partial charge < -0.3 is 29.7 Å². The summed E-state index contributed by atoms with van der Waals surface area (Å²) in [6.07, 6.45) is 4.44. The number of phenolic OH excluding ortho intramolecular Hbond substituents is 1. The number of rotatable bonds is 4. The number of methoxy groups -OCH3 is 1. The molecule has 1 amide bonds. The first-order chi connectivity index (χ1) is 14.4. The summed E-state index contributed by atoms with van der Waals surface area (Å²) >= 11 is 0. The Labute approximate surface area is 171 Å². The van der Waals surface area contributed by atoms with Gasteiger partial charge in [0.05, 0.1) is 24.1 Å². The molecule has 0 bridgehead atoms. The van der Waals surface area contributed by atoms with Gasteiger partial charge in [0, 0.05) is 31.7 Å². The number of aromatic carboxylic acids is 1. The number of hydrogen-bond donors (Lipinski definition) is 3. The number of benzene rings is 1. The summed E-state index contributed by atoms with van der Waals surface area (Å²) in [4.78, 5) is 38.2. The number of aromatic hydroxyl groups is 1. The molecule has 9 heteroatoms. The first-order valence-electron chi connectivity index (χ1n) is 10.2. The van der Waals surface area contributed by atoms with Crippen LogP contribution in [-0.2, 0) is 4.79 Å². The Morgan fingerprint density at radius 3 is 2.67 bits per heavy atom. The average Bonchev–Trinajstić information content (AvgIpc) is 3.46. The van der Waals surface area contributed by atoms with Crippen molar-refractivity contribution in [1.29, 1.82) is 0 Å². The third kappa shape index (κ3) is 2.79. The lowest BCUT2D eigenvalue weighted by molar-refractivity contribution is -0.123. The molecular formula is C21H23N3O6. The molecule has 9 nitrogen and oxygen atoms in total. The summed E-state index contributed by atoms with van der Waals surface area (Å²) < 4.78 is 7.50. The number of phenols is 1. The number of anilines is 1. The lowest BCUT2D eigenvalue weighted by Gasteiger charge is -2.25. The fourth-order valence-electron chi connectivity index (χ4n) is 4.86. The van der Waals surface area contributed by atoms with Gasteiger partial charge in [0.25, 0.3) is 0 Å². The van der Waals surface area contributed by atoms with Crippen LogP contribution in [0.15, 0.2) is 17.1 Å². The molecule has 3 heterocycles. The largest absolute Gasteiger partial charge is 0.506 e. The molecule has 0 unspecified atom stereocenters. The van der Waals surface area contributed by atoms with Crippen molar-refractivity contribution in [3.8, 4) is 11.5 Å². The first-order valence-corrected chi connectivity index (χ1v) is 10.2. The van der Waals surface area contributed by atoms with Crippen molar-refractivity contribution in [3.63, 3.8) is 0 Å². The zero-order valence-corrected chi connectivity index (χ0v) is 16.6. The van der Waals surface area contributed by atoms with E-state index in [1.54, 1.807) is 4.57 Å². The molecule has 2 aliphatic heterocycles. The minimum atomic E-state index is -1.29. The Hall–Kier alpha value is -3.23. The Bertz CT molecular complexity index is 1140. The minimum Gasteiger partial charge on any atom is -0.506 e. The maximum atomic E-state index is 12.8. The van der Waals surface area contributed by atoms with Crippen LogP contribution in [0.25, 0.3) is 10.9 Å². The molecule has 1 aromatic heterocycles. The van der Waals surface area contributed by atoms with Crippen LogP contribution in [0.1, 0.15) is 42.1 Å². The van der Waals surface area contributed by atoms with Crippen LogP contribution in [0.2, 0.25) is 0 Å². The summed E-state index contributed by atoms with van der Waals surface area (Å²) in [7, 11) is 1.48. The van der Waals surface area contributed by atoms with E-state index in [9.17, 15) is 24.6 Å². The normalized spacial score (nSPS) is 23.4. The smallest absolute Gasteiger partial charge is 0.341 e. The summed E-state index contributed by atoms with van der Waals surface area (Å²) in [6, 6.07) is 1.45. The number of carboxylic acids is 1. The predicted octanol–water partition coefficient (Wildman–Crippen LogP) is 1.46. The Balaban J connectivity index is 1.71. The zero-order valence-electron chi connectivity index (χ0n) is 16.6. The van der Waals surface area contributed by atoms with Gasteiger partial charge in [-0.25, -0.2) is 4.79 Å². The van der Waals surface area contributed by atoms with Gasteiger partial charge in [-0.3, -0.25) is 9.59 Å². The molecule has 0 spiro atoms. The van der Waals surface area contributed by atoms with Gasteiger partial charge in [-0.2, -0.15) is 0 Å². The van der Waals surface area contributed by atoms with Crippen LogP contribution >= 0.6 is 0 Å². The molecule has 1 aromatic carbocycles. The number of hydrogen-bond acceptors (Lipinski definition) is 6. The van der Waals surface area contributed by atoms with Crippen LogP contribution in [0, 0.1) is 5.92 Å². The quantitative estimate of drug-likeness (QED) is 0.694. The van der Waals surface area contributed by atoms with Gasteiger partial charge in [-0.15, -0.1) is 0 Å². The van der Waals surface area contributed by atoms with Gasteiger partial charge in [0.15, 0.2) is 5.75 Å². The fourth-order valence-corrected chi connectivity index (χ4v) is 4.86. The van der Waals surface area contributed by atoms with E-state index in [2.05, 4.69) is 5.32 Å². The van der Waals surface area contributed by atoms with Crippen molar-refractivity contribution in [1.82, 2.24) is 9.88 Å². The maximum Gasteiger partial charge on any atom is 0.341 e. The van der Waals surface area contributed by atoms with Crippen LogP contribution in [0.4, 0.5) is 5.69 Å². The highest BCUT2D eigenvalue weighted by molar-refractivity contribution is 5.98. The number of pyridine rings is 1. The highest BCUT2D eigenvalue weighted by Crippen LogP contribution is 2.47. The van der Waals surface area contributed by atoms with E-state index in [1.165, 1.54) is 19.4 Å². The lowest BCUT2D eigenvalue weighted by atomic mass is 9.94. The van der Waals surface area contributed by atoms with E-state index in [0.717, 1.165) is 19.3 Å². The fraction of sp³-hybridized carbons (Fsp3) is 0.476. The van der Waals surface area contributed by atoms with Crippen LogP contribution in [-0.4, -0.2) is 52.9 Å². The van der Waals surface area contributed by atoms with Crippen molar-refractivity contribution in [3.05, 3.63) is 28.0 Å². The average molecular weight is 413 g/mol. The molecule has 3 N–H and O–H groups in total. The Kier molecular flexibility index (Phi) is 4.16. The molecule has 158 valence electrons. The van der Waals surface area contributed by atoms with Crippen LogP contribution in [0.3, 0.4) is 0 Å². The molecule has 1 saturated carbocycles. The summed E-state index contributed by atoms with van der Waals surface area (Å²) in [5, 5.41) is 23.5. The van der Waals surface area contributed by atoms with Gasteiger partial charge >= 0.3 is 5.97 Å². The molecule has 0 radical (unpaired) electrons. The van der Waals surface area contributed by atoms with E-state index < -0.39 is 11.4 Å². The maximum absolute atomic E-state index is 12.8. The number of ether oxygens (including phenoxy) is 1. The number of piperidine rings is 1. The van der Waals surface area contributed by atoms with Gasteiger partial charge in [-0.1, -0.05) is 0 Å². The van der Waals surface area contributed by atoms with E-state index in [-0.39, 0.29) is 40.6 Å². The number of carbonyl (C=O) groups excluding carboxylic acids is 1. The number of nitrogens with zero attached hydrogens (tertiary/aromatic N) is 2. The van der Waals surface area contributed by atoms with E-state index in [1.807, 2.05) is 4.90 Å². The third-order valence-corrected chi connectivity index (χ3v) is 6.45. The topological polar surface area (TPSA) is 121 Å². The number of aromatic nitrogens is 1. The Morgan fingerprint density at radius 1 is 1.23 bits per heavy atom. The summed E-state index contributed by atoms with van der Waals surface area (Å²) in [5.41, 5.74) is 0.0163. The molecule has 2 saturated heterocycles. The summed E-state index contributed by atoms with van der Waals surface area (Å²) in [6.45, 7) is 1.19.